The molecule has 10 heteroatoms. The van der Waals surface area contributed by atoms with Gasteiger partial charge in [-0.1, -0.05) is 36.8 Å². The van der Waals surface area contributed by atoms with Crippen molar-refractivity contribution in [3.05, 3.63) is 59.2 Å². The van der Waals surface area contributed by atoms with Crippen LogP contribution in [0.4, 0.5) is 10.5 Å². The highest BCUT2D eigenvalue weighted by Crippen LogP contribution is 2.28. The number of para-hydroxylation sites is 1. The molecule has 2 rings (SSSR count). The summed E-state index contributed by atoms with van der Waals surface area (Å²) in [4.78, 5) is 52.1. The first kappa shape index (κ1) is 29.7. The summed E-state index contributed by atoms with van der Waals surface area (Å²) in [5.41, 5.74) is 6.77. The van der Waals surface area contributed by atoms with Gasteiger partial charge in [-0.25, -0.2) is 4.79 Å². The molecule has 0 radical (unpaired) electrons. The molecule has 0 saturated heterocycles. The van der Waals surface area contributed by atoms with Gasteiger partial charge in [0.25, 0.3) is 11.8 Å². The van der Waals surface area contributed by atoms with Crippen molar-refractivity contribution < 1.29 is 29.0 Å². The number of rotatable bonds is 9. The molecular formula is C28H34N4O6. The number of phenols is 1. The molecule has 5 N–H and O–H groups in total. The lowest BCUT2D eigenvalue weighted by atomic mass is 10.0. The number of terminal acetylenes is 1. The first-order valence-electron chi connectivity index (χ1n) is 12.0. The van der Waals surface area contributed by atoms with Crippen LogP contribution in [0.5, 0.6) is 5.75 Å². The Hall–Kier alpha value is -4.52. The number of primary amides is 1. The maximum Gasteiger partial charge on any atom is 0.408 e. The zero-order chi connectivity index (χ0) is 28.6. The number of hydrogen-bond acceptors (Lipinski definition) is 6. The van der Waals surface area contributed by atoms with Gasteiger partial charge in [0.05, 0.1) is 0 Å². The first-order chi connectivity index (χ1) is 17.7. The molecule has 2 unspecified atom stereocenters. The number of ether oxygens (including phenoxy) is 1. The van der Waals surface area contributed by atoms with Crippen LogP contribution in [0.2, 0.25) is 0 Å². The van der Waals surface area contributed by atoms with E-state index in [2.05, 4.69) is 16.7 Å². The third-order valence-corrected chi connectivity index (χ3v) is 5.47. The highest BCUT2D eigenvalue weighted by molar-refractivity contribution is 6.00. The lowest BCUT2D eigenvalue weighted by molar-refractivity contribution is -0.137. The van der Waals surface area contributed by atoms with Crippen LogP contribution in [0.3, 0.4) is 0 Å². The molecule has 0 spiro atoms. The van der Waals surface area contributed by atoms with Crippen LogP contribution < -0.4 is 16.4 Å². The van der Waals surface area contributed by atoms with E-state index in [0.29, 0.717) is 5.69 Å². The van der Waals surface area contributed by atoms with Crippen molar-refractivity contribution in [1.29, 1.82) is 0 Å². The minimum absolute atomic E-state index is 0.144. The standard InChI is InChI=1S/C28H34N4O6/c1-7-32(26(36)21(14-15-22(29)34)30-27(37)38-28(4,5)6)24(19-12-9-13-20(33)16-19)25(35)31-23-17(2)10-8-11-18(23)3/h1,8-13,16,21,24,33H,14-15H2,2-6H3,(H2,29,34)(H,30,37)(H,31,35). The molecule has 202 valence electrons. The van der Waals surface area contributed by atoms with Crippen LogP contribution in [-0.2, 0) is 19.1 Å². The molecule has 0 heterocycles. The molecule has 0 saturated carbocycles. The average Bonchev–Trinajstić information content (AvgIpc) is 2.80. The summed E-state index contributed by atoms with van der Waals surface area (Å²) >= 11 is 0. The van der Waals surface area contributed by atoms with Crippen LogP contribution >= 0.6 is 0 Å². The summed E-state index contributed by atoms with van der Waals surface area (Å²) in [5, 5.41) is 15.3. The third-order valence-electron chi connectivity index (χ3n) is 5.47. The Morgan fingerprint density at radius 2 is 1.71 bits per heavy atom. The quantitative estimate of drug-likeness (QED) is 0.293. The lowest BCUT2D eigenvalue weighted by Gasteiger charge is -2.30. The van der Waals surface area contributed by atoms with Crippen molar-refractivity contribution in [3.8, 4) is 18.2 Å². The van der Waals surface area contributed by atoms with Crippen molar-refractivity contribution in [2.45, 2.75) is 65.1 Å². The number of nitrogens with one attached hydrogen (secondary N) is 2. The van der Waals surface area contributed by atoms with E-state index in [1.54, 1.807) is 20.8 Å². The fourth-order valence-electron chi connectivity index (χ4n) is 3.74. The van der Waals surface area contributed by atoms with Crippen LogP contribution in [-0.4, -0.2) is 45.5 Å². The second-order valence-electron chi connectivity index (χ2n) is 9.79. The third kappa shape index (κ3) is 8.27. The molecule has 0 aliphatic heterocycles. The number of hydrogen-bond donors (Lipinski definition) is 4. The maximum atomic E-state index is 13.7. The van der Waals surface area contributed by atoms with Gasteiger partial charge < -0.3 is 26.2 Å². The number of anilines is 1. The molecule has 0 bridgehead atoms. The van der Waals surface area contributed by atoms with Gasteiger partial charge in [0, 0.05) is 18.2 Å². The number of amides is 4. The Morgan fingerprint density at radius 1 is 1.11 bits per heavy atom. The summed E-state index contributed by atoms with van der Waals surface area (Å²) in [6.07, 6.45) is 4.41. The van der Waals surface area contributed by atoms with E-state index in [4.69, 9.17) is 16.9 Å². The smallest absolute Gasteiger partial charge is 0.408 e. The highest BCUT2D eigenvalue weighted by Gasteiger charge is 2.36. The fourth-order valence-corrected chi connectivity index (χ4v) is 3.74. The Balaban J connectivity index is 2.51. The van der Waals surface area contributed by atoms with Gasteiger partial charge >= 0.3 is 6.09 Å². The molecule has 0 aliphatic rings. The van der Waals surface area contributed by atoms with Gasteiger partial charge in [-0.15, -0.1) is 0 Å². The van der Waals surface area contributed by atoms with E-state index in [1.165, 1.54) is 24.3 Å². The molecule has 2 aromatic rings. The van der Waals surface area contributed by atoms with E-state index in [9.17, 15) is 24.3 Å². The van der Waals surface area contributed by atoms with Crippen LogP contribution in [0, 0.1) is 26.3 Å². The van der Waals surface area contributed by atoms with Crippen molar-refractivity contribution in [1.82, 2.24) is 10.2 Å². The first-order valence-corrected chi connectivity index (χ1v) is 12.0. The molecule has 0 aliphatic carbocycles. The fraction of sp³-hybridized carbons (Fsp3) is 0.357. The van der Waals surface area contributed by atoms with Crippen molar-refractivity contribution in [3.63, 3.8) is 0 Å². The minimum Gasteiger partial charge on any atom is -0.508 e. The van der Waals surface area contributed by atoms with E-state index < -0.39 is 41.5 Å². The SMILES string of the molecule is C#CN(C(=O)C(CCC(N)=O)NC(=O)OC(C)(C)C)C(C(=O)Nc1c(C)cccc1C)c1cccc(O)c1. The molecule has 2 aromatic carbocycles. The van der Waals surface area contributed by atoms with Crippen molar-refractivity contribution >= 4 is 29.5 Å². The normalized spacial score (nSPS) is 12.4. The van der Waals surface area contributed by atoms with Gasteiger partial charge in [-0.2, -0.15) is 0 Å². The number of alkyl carbamates (subject to hydrolysis) is 1. The van der Waals surface area contributed by atoms with Crippen LogP contribution in [0.25, 0.3) is 0 Å². The topological polar surface area (TPSA) is 151 Å². The van der Waals surface area contributed by atoms with Crippen LogP contribution in [0.1, 0.15) is 56.3 Å². The molecule has 10 nitrogen and oxygen atoms in total. The van der Waals surface area contributed by atoms with Gasteiger partial charge in [-0.05, 0) is 69.9 Å². The minimum atomic E-state index is -1.39. The van der Waals surface area contributed by atoms with Crippen LogP contribution in [0.15, 0.2) is 42.5 Å². The second kappa shape index (κ2) is 12.6. The Bertz CT molecular complexity index is 1220. The van der Waals surface area contributed by atoms with Crippen molar-refractivity contribution in [2.24, 2.45) is 5.73 Å². The van der Waals surface area contributed by atoms with E-state index in [0.717, 1.165) is 16.0 Å². The number of aryl methyl sites for hydroxylation is 2. The molecule has 4 amide bonds. The monoisotopic (exact) mass is 522 g/mol. The zero-order valence-corrected chi connectivity index (χ0v) is 22.2. The number of nitrogens with two attached hydrogens (primary N) is 1. The average molecular weight is 523 g/mol. The van der Waals surface area contributed by atoms with Gasteiger partial charge in [0.2, 0.25) is 5.91 Å². The lowest BCUT2D eigenvalue weighted by Crippen LogP contribution is -2.51. The number of phenolic OH excluding ortho intramolecular Hbond substituents is 1. The maximum absolute atomic E-state index is 13.7. The Kier molecular flexibility index (Phi) is 9.88. The zero-order valence-electron chi connectivity index (χ0n) is 22.2. The Morgan fingerprint density at radius 3 is 2.24 bits per heavy atom. The molecular weight excluding hydrogens is 488 g/mol. The Labute approximate surface area is 222 Å². The largest absolute Gasteiger partial charge is 0.508 e. The molecule has 38 heavy (non-hydrogen) atoms. The van der Waals surface area contributed by atoms with Gasteiger partial charge in [0.15, 0.2) is 0 Å². The summed E-state index contributed by atoms with van der Waals surface area (Å²) in [6, 6.07) is 10.8. The molecule has 0 fully saturated rings. The predicted octanol–water partition coefficient (Wildman–Crippen LogP) is 3.27. The summed E-state index contributed by atoms with van der Waals surface area (Å²) in [7, 11) is 0. The highest BCUT2D eigenvalue weighted by atomic mass is 16.6. The number of benzene rings is 2. The van der Waals surface area contributed by atoms with Gasteiger partial charge in [0.1, 0.15) is 23.4 Å². The molecule has 0 aromatic heterocycles. The van der Waals surface area contributed by atoms with Crippen molar-refractivity contribution in [2.75, 3.05) is 5.32 Å². The summed E-state index contributed by atoms with van der Waals surface area (Å²) in [5.74, 6) is -2.33. The summed E-state index contributed by atoms with van der Waals surface area (Å²) < 4.78 is 5.25. The number of nitrogens with zero attached hydrogens (tertiary/aromatic N) is 1. The number of aromatic hydroxyl groups is 1. The van der Waals surface area contributed by atoms with E-state index >= 15 is 0 Å². The predicted molar refractivity (Wildman–Crippen MR) is 143 cm³/mol. The van der Waals surface area contributed by atoms with E-state index in [1.807, 2.05) is 32.0 Å². The number of carbonyl (C=O) groups excluding carboxylic acids is 4. The van der Waals surface area contributed by atoms with Gasteiger partial charge in [-0.3, -0.25) is 19.3 Å². The second-order valence-corrected chi connectivity index (χ2v) is 9.79. The summed E-state index contributed by atoms with van der Waals surface area (Å²) in [6.45, 7) is 8.59. The number of carbonyl (C=O) groups is 4. The van der Waals surface area contributed by atoms with E-state index in [-0.39, 0.29) is 24.2 Å². The molecule has 2 atom stereocenters.